The van der Waals surface area contributed by atoms with Crippen LogP contribution in [0, 0.1) is 0 Å². The van der Waals surface area contributed by atoms with Gasteiger partial charge in [0.2, 0.25) is 0 Å². The van der Waals surface area contributed by atoms with Crippen LogP contribution in [0.5, 0.6) is 0 Å². The number of benzene rings is 1. The first-order valence-electron chi connectivity index (χ1n) is 5.38. The minimum Gasteiger partial charge on any atom is -1.00 e. The van der Waals surface area contributed by atoms with Gasteiger partial charge in [-0.15, -0.1) is 0 Å². The molecule has 0 bridgehead atoms. The molecule has 1 aliphatic carbocycles. The molecule has 1 fully saturated rings. The Morgan fingerprint density at radius 2 is 1.67 bits per heavy atom. The fourth-order valence-corrected chi connectivity index (χ4v) is 1.90. The predicted molar refractivity (Wildman–Crippen MR) is 67.0 cm³/mol. The Morgan fingerprint density at radius 1 is 1.28 bits per heavy atom. The number of hydrogen-bond acceptors (Lipinski definition) is 1. The Balaban J connectivity index is 0. The molecule has 0 amide bonds. The van der Waals surface area contributed by atoms with E-state index in [1.54, 1.807) is 12.1 Å². The number of hydrogen-bond donors (Lipinski definition) is 1. The molecule has 0 heterocycles. The van der Waals surface area contributed by atoms with Gasteiger partial charge < -0.3 is 10.4 Å². The summed E-state index contributed by atoms with van der Waals surface area (Å²) in [6.07, 6.45) is -1.55. The summed E-state index contributed by atoms with van der Waals surface area (Å²) < 4.78 is 36.4. The molecule has 0 aliphatic heterocycles. The van der Waals surface area contributed by atoms with Gasteiger partial charge in [0.1, 0.15) is 0 Å². The van der Waals surface area contributed by atoms with Gasteiger partial charge >= 0.3 is 120 Å². The molecule has 7 heteroatoms. The van der Waals surface area contributed by atoms with Crippen LogP contribution in [0.1, 0.15) is 19.8 Å². The normalized spacial score (nSPS) is 16.2. The second-order valence-electron chi connectivity index (χ2n) is 4.15. The first kappa shape index (κ1) is 19.0. The van der Waals surface area contributed by atoms with Crippen molar-refractivity contribution in [1.29, 1.82) is 0 Å². The van der Waals surface area contributed by atoms with Gasteiger partial charge in [0.15, 0.2) is 0 Å². The van der Waals surface area contributed by atoms with Crippen molar-refractivity contribution in [3.63, 3.8) is 0 Å². The summed E-state index contributed by atoms with van der Waals surface area (Å²) in [6, 6.07) is 6.90. The van der Waals surface area contributed by atoms with E-state index in [0.29, 0.717) is 11.6 Å². The first-order chi connectivity index (χ1) is 7.80. The zero-order valence-corrected chi connectivity index (χ0v) is 14.6. The minimum absolute atomic E-state index is 0. The van der Waals surface area contributed by atoms with Crippen molar-refractivity contribution in [2.45, 2.75) is 25.1 Å². The van der Waals surface area contributed by atoms with E-state index in [2.05, 4.69) is 15.9 Å². The first-order valence-corrected chi connectivity index (χ1v) is 7.98. The van der Waals surface area contributed by atoms with Crippen LogP contribution in [0.4, 0.5) is 13.2 Å². The summed E-state index contributed by atoms with van der Waals surface area (Å²) in [4.78, 5) is 0. The molecule has 1 aromatic rings. The van der Waals surface area contributed by atoms with Crippen LogP contribution in [0.2, 0.25) is 0 Å². The number of nitrogens with two attached hydrogens (primary N) is 1. The van der Waals surface area contributed by atoms with Gasteiger partial charge in [-0.05, 0) is 12.8 Å². The van der Waals surface area contributed by atoms with E-state index in [4.69, 9.17) is 5.73 Å². The Hall–Kier alpha value is 1.02. The van der Waals surface area contributed by atoms with Gasteiger partial charge in [-0.25, -0.2) is 0 Å². The molecule has 0 spiro atoms. The van der Waals surface area contributed by atoms with Crippen LogP contribution in [0.3, 0.4) is 0 Å². The standard InChI is InChI=1S/C8H5BrF3.C3H7N.FH.K/c9-7-3-1-6(2-4-7)5-8(10,11)12;4-3-1-2-3;;/h1-5H;3H,1-2,4H2;1H;. The zero-order valence-electron chi connectivity index (χ0n) is 10.8. The van der Waals surface area contributed by atoms with Gasteiger partial charge in [0.05, 0.1) is 0 Å². The maximum Gasteiger partial charge on any atom is 1.00 e. The Morgan fingerprint density at radius 3 is 1.94 bits per heavy atom. The molecule has 1 unspecified atom stereocenters. The van der Waals surface area contributed by atoms with Crippen molar-refractivity contribution in [2.24, 2.45) is 5.73 Å². The minimum atomic E-state index is -4.08. The van der Waals surface area contributed by atoms with E-state index in [9.17, 15) is 13.2 Å². The number of rotatable bonds is 1. The monoisotopic (exact) mass is 353 g/mol. The average Bonchev–Trinajstić information content (AvgIpc) is 3.00. The smallest absolute Gasteiger partial charge is 1.00 e. The topological polar surface area (TPSA) is 26.0 Å². The molecule has 0 saturated heterocycles. The number of alkyl halides is 3. The van der Waals surface area contributed by atoms with Gasteiger partial charge in [-0.3, -0.25) is 0 Å². The van der Waals surface area contributed by atoms with Crippen LogP contribution < -0.4 is 10.4 Å². The zero-order chi connectivity index (χ0) is 13.1. The predicted octanol–water partition coefficient (Wildman–Crippen LogP) is 0.445. The van der Waals surface area contributed by atoms with E-state index in [1.807, 2.05) is 0 Å². The summed E-state index contributed by atoms with van der Waals surface area (Å²) in [5.74, 6) is 0. The molecule has 2 rings (SSSR count). The Bertz CT molecular complexity index is 357. The van der Waals surface area contributed by atoms with Crippen molar-refractivity contribution in [1.82, 2.24) is 0 Å². The summed E-state index contributed by atoms with van der Waals surface area (Å²) in [5, 5.41) is 0. The van der Waals surface area contributed by atoms with Gasteiger partial charge in [-0.1, -0.05) is 0 Å². The third-order valence-electron chi connectivity index (χ3n) is 2.48. The fraction of sp³-hybridized carbons (Fsp3) is 0.455. The van der Waals surface area contributed by atoms with Gasteiger partial charge in [0, 0.05) is 6.04 Å². The van der Waals surface area contributed by atoms with Crippen LogP contribution in [0.15, 0.2) is 28.7 Å². The second-order valence-corrected chi connectivity index (χ2v) is 6.87. The largest absolute Gasteiger partial charge is 1.00 e. The maximum atomic E-state index is 12.3. The summed E-state index contributed by atoms with van der Waals surface area (Å²) >= 11 is 2.90. The van der Waals surface area contributed by atoms with Crippen LogP contribution in [0.25, 0.3) is 0 Å². The molecule has 2 N–H and O–H groups in total. The molecule has 1 saturated carbocycles. The van der Waals surface area contributed by atoms with Gasteiger partial charge in [0.25, 0.3) is 0 Å². The molecule has 18 heavy (non-hydrogen) atoms. The Kier molecular flexibility index (Phi) is 8.81. The van der Waals surface area contributed by atoms with Crippen molar-refractivity contribution in [3.8, 4) is 0 Å². The molecule has 1 aliphatic rings. The molecule has 0 radical (unpaired) electrons. The van der Waals surface area contributed by atoms with Gasteiger partial charge in [-0.2, -0.15) is 0 Å². The average molecular weight is 354 g/mol. The van der Waals surface area contributed by atoms with E-state index in [-0.39, 0.29) is 55.1 Å². The molecular formula is C11H13BrF4KN. The van der Waals surface area contributed by atoms with E-state index < -0.39 is 6.19 Å². The third kappa shape index (κ3) is 7.57. The van der Waals surface area contributed by atoms with Crippen molar-refractivity contribution in [2.75, 3.05) is 0 Å². The molecule has 1 aromatic carbocycles. The molecule has 0 aromatic heterocycles. The third-order valence-corrected chi connectivity index (χ3v) is 5.07. The van der Waals surface area contributed by atoms with Crippen LogP contribution in [-0.4, -0.2) is 61.2 Å². The molecule has 98 valence electrons. The molecular weight excluding hydrogens is 341 g/mol. The SMILES string of the molecule is FC(F)(F)[CH]([K])c1ccc(Br)cc1.NC1CC1.[F-].[H+]. The molecule has 1 atom stereocenters. The van der Waals surface area contributed by atoms with Crippen LogP contribution in [-0.2, 0) is 0 Å². The summed E-state index contributed by atoms with van der Waals surface area (Å²) in [6.45, 7) is 0. The Labute approximate surface area is 147 Å². The van der Waals surface area contributed by atoms with Crippen LogP contribution >= 0.6 is 15.9 Å². The van der Waals surface area contributed by atoms with Crippen molar-refractivity contribution >= 4 is 64.9 Å². The fourth-order valence-electron chi connectivity index (χ4n) is 1.04. The quantitative estimate of drug-likeness (QED) is 0.575. The van der Waals surface area contributed by atoms with Crippen molar-refractivity contribution in [3.05, 3.63) is 34.3 Å². The second kappa shape index (κ2) is 8.34. The molecule has 1 nitrogen and oxygen atoms in total. The summed E-state index contributed by atoms with van der Waals surface area (Å²) in [7, 11) is 0. The van der Waals surface area contributed by atoms with E-state index >= 15 is 0 Å². The van der Waals surface area contributed by atoms with E-state index in [0.717, 1.165) is 4.47 Å². The van der Waals surface area contributed by atoms with E-state index in [1.165, 1.54) is 25.0 Å². The maximum absolute atomic E-state index is 12.3. The summed E-state index contributed by atoms with van der Waals surface area (Å²) in [5.41, 5.74) is 5.59. The number of halogens is 5. The van der Waals surface area contributed by atoms with Crippen molar-refractivity contribution < 1.29 is 19.3 Å².